The maximum Gasteiger partial charge on any atom is 0.387 e. The first kappa shape index (κ1) is 22.3. The van der Waals surface area contributed by atoms with Gasteiger partial charge < -0.3 is 9.47 Å². The van der Waals surface area contributed by atoms with Gasteiger partial charge in [0.05, 0.1) is 5.41 Å². The molecule has 3 rings (SSSR count). The molecular weight excluding hydrogens is 401 g/mol. The molecule has 5 heteroatoms. The van der Waals surface area contributed by atoms with E-state index in [-0.39, 0.29) is 11.5 Å². The molecule has 0 spiro atoms. The standard InChI is InChI=1S/C26H23F3O2/c1-3-26(2,20-12-14-22(15-13-20)31-25(28)29)17-7-8-19-11-16-23(27)24(18-19)30-21-9-5-4-6-10-21/h1,4-6,9-16,18,25H,7-8,17H2,2H3. The lowest BCUT2D eigenvalue weighted by Gasteiger charge is -2.24. The van der Waals surface area contributed by atoms with Crippen molar-refractivity contribution in [2.75, 3.05) is 0 Å². The number of benzene rings is 3. The molecule has 0 heterocycles. The van der Waals surface area contributed by atoms with E-state index < -0.39 is 17.8 Å². The third kappa shape index (κ3) is 6.05. The average molecular weight is 424 g/mol. The molecule has 0 saturated carbocycles. The van der Waals surface area contributed by atoms with Gasteiger partial charge in [-0.15, -0.1) is 6.42 Å². The highest BCUT2D eigenvalue weighted by Crippen LogP contribution is 2.31. The Bertz CT molecular complexity index is 1030. The highest BCUT2D eigenvalue weighted by Gasteiger charge is 2.24. The summed E-state index contributed by atoms with van der Waals surface area (Å²) in [5.74, 6) is 3.24. The van der Waals surface area contributed by atoms with Crippen LogP contribution in [0.2, 0.25) is 0 Å². The fourth-order valence-electron chi connectivity index (χ4n) is 3.35. The van der Waals surface area contributed by atoms with E-state index in [1.807, 2.05) is 25.1 Å². The summed E-state index contributed by atoms with van der Waals surface area (Å²) < 4.78 is 48.9. The van der Waals surface area contributed by atoms with Gasteiger partial charge >= 0.3 is 6.61 Å². The van der Waals surface area contributed by atoms with Crippen molar-refractivity contribution in [3.05, 3.63) is 89.7 Å². The summed E-state index contributed by atoms with van der Waals surface area (Å²) in [6.45, 7) is -0.929. The number of aryl methyl sites for hydroxylation is 1. The van der Waals surface area contributed by atoms with Crippen LogP contribution in [0.3, 0.4) is 0 Å². The number of para-hydroxylation sites is 1. The lowest BCUT2D eigenvalue weighted by atomic mass is 9.78. The minimum atomic E-state index is -2.86. The number of hydrogen-bond donors (Lipinski definition) is 0. The Kier molecular flexibility index (Phi) is 7.25. The summed E-state index contributed by atoms with van der Waals surface area (Å²) in [6, 6.07) is 20.3. The van der Waals surface area contributed by atoms with Gasteiger partial charge in [-0.1, -0.05) is 42.3 Å². The van der Waals surface area contributed by atoms with Crippen molar-refractivity contribution in [3.8, 4) is 29.6 Å². The normalized spacial score (nSPS) is 12.8. The van der Waals surface area contributed by atoms with Crippen LogP contribution >= 0.6 is 0 Å². The highest BCUT2D eigenvalue weighted by molar-refractivity contribution is 5.38. The molecule has 0 aliphatic carbocycles. The number of rotatable bonds is 9. The summed E-state index contributed by atoms with van der Waals surface area (Å²) in [5.41, 5.74) is 1.23. The van der Waals surface area contributed by atoms with E-state index in [4.69, 9.17) is 11.2 Å². The molecule has 0 N–H and O–H groups in total. The predicted octanol–water partition coefficient (Wildman–Crippen LogP) is 7.13. The first-order valence-corrected chi connectivity index (χ1v) is 9.94. The fourth-order valence-corrected chi connectivity index (χ4v) is 3.35. The van der Waals surface area contributed by atoms with Gasteiger partial charge in [0.2, 0.25) is 0 Å². The Morgan fingerprint density at radius 1 is 0.968 bits per heavy atom. The zero-order valence-electron chi connectivity index (χ0n) is 17.2. The van der Waals surface area contributed by atoms with Crippen LogP contribution in [0.25, 0.3) is 0 Å². The third-order valence-electron chi connectivity index (χ3n) is 5.14. The average Bonchev–Trinajstić information content (AvgIpc) is 2.76. The number of hydrogen-bond acceptors (Lipinski definition) is 2. The second-order valence-electron chi connectivity index (χ2n) is 7.41. The molecule has 0 fully saturated rings. The van der Waals surface area contributed by atoms with Crippen molar-refractivity contribution in [3.63, 3.8) is 0 Å². The van der Waals surface area contributed by atoms with Gasteiger partial charge in [0.1, 0.15) is 11.5 Å². The fraction of sp³-hybridized carbons (Fsp3) is 0.231. The molecule has 160 valence electrons. The first-order chi connectivity index (χ1) is 14.9. The Balaban J connectivity index is 1.64. The molecule has 3 aromatic carbocycles. The van der Waals surface area contributed by atoms with E-state index in [1.54, 1.807) is 36.4 Å². The SMILES string of the molecule is C#CC(C)(CCCc1ccc(F)c(Oc2ccccc2)c1)c1ccc(OC(F)F)cc1. The number of halogens is 3. The minimum Gasteiger partial charge on any atom is -0.454 e. The molecule has 31 heavy (non-hydrogen) atoms. The van der Waals surface area contributed by atoms with E-state index in [9.17, 15) is 13.2 Å². The van der Waals surface area contributed by atoms with E-state index in [1.165, 1.54) is 18.2 Å². The van der Waals surface area contributed by atoms with Crippen LogP contribution in [-0.4, -0.2) is 6.61 Å². The van der Waals surface area contributed by atoms with Crippen LogP contribution in [0.1, 0.15) is 30.9 Å². The van der Waals surface area contributed by atoms with Gasteiger partial charge in [-0.25, -0.2) is 4.39 Å². The zero-order chi connectivity index (χ0) is 22.3. The third-order valence-corrected chi connectivity index (χ3v) is 5.14. The quantitative estimate of drug-likeness (QED) is 0.340. The molecule has 2 nitrogen and oxygen atoms in total. The monoisotopic (exact) mass is 424 g/mol. The van der Waals surface area contributed by atoms with E-state index in [0.29, 0.717) is 18.6 Å². The summed E-state index contributed by atoms with van der Waals surface area (Å²) in [5, 5.41) is 0. The van der Waals surface area contributed by atoms with Gasteiger partial charge in [0.15, 0.2) is 11.6 Å². The first-order valence-electron chi connectivity index (χ1n) is 9.94. The summed E-state index contributed by atoms with van der Waals surface area (Å²) >= 11 is 0. The molecule has 0 bridgehead atoms. The van der Waals surface area contributed by atoms with Gasteiger partial charge in [-0.2, -0.15) is 8.78 Å². The van der Waals surface area contributed by atoms with Gasteiger partial charge in [-0.05, 0) is 73.7 Å². The molecule has 0 aliphatic heterocycles. The second-order valence-corrected chi connectivity index (χ2v) is 7.41. The van der Waals surface area contributed by atoms with E-state index in [0.717, 1.165) is 17.5 Å². The lowest BCUT2D eigenvalue weighted by Crippen LogP contribution is -2.19. The van der Waals surface area contributed by atoms with Crippen molar-refractivity contribution in [2.45, 2.75) is 38.2 Å². The van der Waals surface area contributed by atoms with Crippen molar-refractivity contribution >= 4 is 0 Å². The molecule has 0 radical (unpaired) electrons. The summed E-state index contributed by atoms with van der Waals surface area (Å²) in [6.07, 6.45) is 7.91. The van der Waals surface area contributed by atoms with E-state index >= 15 is 0 Å². The molecule has 0 saturated heterocycles. The van der Waals surface area contributed by atoms with Gasteiger partial charge in [0.25, 0.3) is 0 Å². The smallest absolute Gasteiger partial charge is 0.387 e. The van der Waals surface area contributed by atoms with Gasteiger partial charge in [-0.3, -0.25) is 0 Å². The zero-order valence-corrected chi connectivity index (χ0v) is 17.2. The summed E-state index contributed by atoms with van der Waals surface area (Å²) in [7, 11) is 0. The van der Waals surface area contributed by atoms with E-state index in [2.05, 4.69) is 10.7 Å². The van der Waals surface area contributed by atoms with Crippen LogP contribution in [-0.2, 0) is 11.8 Å². The van der Waals surface area contributed by atoms with Crippen molar-refractivity contribution < 1.29 is 22.6 Å². The highest BCUT2D eigenvalue weighted by atomic mass is 19.3. The van der Waals surface area contributed by atoms with Gasteiger partial charge in [0, 0.05) is 0 Å². The summed E-state index contributed by atoms with van der Waals surface area (Å²) in [4.78, 5) is 0. The molecular formula is C26H23F3O2. The maximum atomic E-state index is 14.1. The largest absolute Gasteiger partial charge is 0.454 e. The Labute approximate surface area is 180 Å². The van der Waals surface area contributed by atoms with Crippen LogP contribution in [0.15, 0.2) is 72.8 Å². The van der Waals surface area contributed by atoms with Crippen molar-refractivity contribution in [2.24, 2.45) is 0 Å². The molecule has 1 unspecified atom stereocenters. The number of alkyl halides is 2. The predicted molar refractivity (Wildman–Crippen MR) is 115 cm³/mol. The Morgan fingerprint density at radius 2 is 1.68 bits per heavy atom. The van der Waals surface area contributed by atoms with Crippen LogP contribution < -0.4 is 9.47 Å². The van der Waals surface area contributed by atoms with Crippen LogP contribution in [0.5, 0.6) is 17.2 Å². The molecule has 1 atom stereocenters. The topological polar surface area (TPSA) is 18.5 Å². The van der Waals surface area contributed by atoms with Crippen LogP contribution in [0, 0.1) is 18.2 Å². The Hall–Kier alpha value is -3.39. The Morgan fingerprint density at radius 3 is 2.32 bits per heavy atom. The molecule has 3 aromatic rings. The maximum absolute atomic E-state index is 14.1. The molecule has 0 aliphatic rings. The number of ether oxygens (including phenoxy) is 2. The number of terminal acetylenes is 1. The molecule has 0 aromatic heterocycles. The second kappa shape index (κ2) is 10.1. The van der Waals surface area contributed by atoms with Crippen molar-refractivity contribution in [1.29, 1.82) is 0 Å². The molecule has 0 amide bonds. The van der Waals surface area contributed by atoms with Crippen LogP contribution in [0.4, 0.5) is 13.2 Å². The minimum absolute atomic E-state index is 0.0929. The lowest BCUT2D eigenvalue weighted by molar-refractivity contribution is -0.0498. The van der Waals surface area contributed by atoms with Crippen molar-refractivity contribution in [1.82, 2.24) is 0 Å².